The van der Waals surface area contributed by atoms with E-state index in [0.717, 1.165) is 31.5 Å². The second-order valence-electron chi connectivity index (χ2n) is 10.0. The number of carbonyl (C=O) groups is 1. The van der Waals surface area contributed by atoms with E-state index < -0.39 is 10.0 Å². The molecule has 0 radical (unpaired) electrons. The van der Waals surface area contributed by atoms with Gasteiger partial charge in [0.1, 0.15) is 0 Å². The Morgan fingerprint density at radius 3 is 2.74 bits per heavy atom. The highest BCUT2D eigenvalue weighted by Gasteiger charge is 2.43. The van der Waals surface area contributed by atoms with Crippen LogP contribution in [0.5, 0.6) is 0 Å². The van der Waals surface area contributed by atoms with E-state index in [9.17, 15) is 13.2 Å². The third-order valence-corrected chi connectivity index (χ3v) is 8.23. The number of aromatic nitrogens is 2. The van der Waals surface area contributed by atoms with Crippen molar-refractivity contribution in [3.63, 3.8) is 0 Å². The smallest absolute Gasteiger partial charge is 0.263 e. The maximum atomic E-state index is 13.6. The summed E-state index contributed by atoms with van der Waals surface area (Å²) < 4.78 is 30.6. The van der Waals surface area contributed by atoms with E-state index in [2.05, 4.69) is 19.7 Å². The van der Waals surface area contributed by atoms with E-state index in [0.29, 0.717) is 30.3 Å². The number of fused-ring (bicyclic) bond motifs is 3. The minimum Gasteiger partial charge on any atom is -0.308 e. The number of hydrogen-bond donors (Lipinski definition) is 1. The van der Waals surface area contributed by atoms with Crippen LogP contribution in [0, 0.1) is 0 Å². The zero-order valence-electron chi connectivity index (χ0n) is 20.0. The summed E-state index contributed by atoms with van der Waals surface area (Å²) in [4.78, 5) is 24.1. The molecule has 1 aliphatic carbocycles. The van der Waals surface area contributed by atoms with Crippen molar-refractivity contribution in [1.82, 2.24) is 24.3 Å². The Morgan fingerprint density at radius 1 is 1.26 bits per heavy atom. The van der Waals surface area contributed by atoms with Crippen molar-refractivity contribution in [2.24, 2.45) is 4.99 Å². The summed E-state index contributed by atoms with van der Waals surface area (Å²) in [5, 5.41) is 4.42. The fourth-order valence-electron chi connectivity index (χ4n) is 4.34. The number of rotatable bonds is 8. The number of likely N-dealkylation sites (N-methyl/N-ethyl adjacent to an activating group) is 1. The number of carbonyl (C=O) groups excluding carboxylic acids is 1. The van der Waals surface area contributed by atoms with Crippen LogP contribution < -0.4 is 9.62 Å². The predicted octanol–water partition coefficient (Wildman–Crippen LogP) is 1.50. The second-order valence-corrected chi connectivity index (χ2v) is 11.7. The molecule has 1 atom stereocenters. The van der Waals surface area contributed by atoms with E-state index in [1.807, 2.05) is 43.7 Å². The van der Waals surface area contributed by atoms with Crippen molar-refractivity contribution < 1.29 is 13.2 Å². The van der Waals surface area contributed by atoms with Gasteiger partial charge in [0.2, 0.25) is 16.0 Å². The molecule has 11 heteroatoms. The van der Waals surface area contributed by atoms with Gasteiger partial charge in [-0.15, -0.1) is 0 Å². The van der Waals surface area contributed by atoms with E-state index in [4.69, 9.17) is 0 Å². The van der Waals surface area contributed by atoms with Crippen LogP contribution in [0.3, 0.4) is 0 Å². The zero-order chi connectivity index (χ0) is 24.3. The average molecular weight is 486 g/mol. The van der Waals surface area contributed by atoms with E-state index in [-0.39, 0.29) is 22.4 Å². The second kappa shape index (κ2) is 8.17. The van der Waals surface area contributed by atoms with Crippen LogP contribution in [-0.4, -0.2) is 78.6 Å². The summed E-state index contributed by atoms with van der Waals surface area (Å²) in [6, 6.07) is 4.87. The Hall–Kier alpha value is -2.76. The normalized spacial score (nSPS) is 21.0. The predicted molar refractivity (Wildman–Crippen MR) is 129 cm³/mol. The molecule has 5 rings (SSSR count). The molecule has 1 fully saturated rings. The number of hydrogen-bond acceptors (Lipinski definition) is 7. The van der Waals surface area contributed by atoms with Gasteiger partial charge in [-0.3, -0.25) is 19.4 Å². The summed E-state index contributed by atoms with van der Waals surface area (Å²) >= 11 is 0. The van der Waals surface area contributed by atoms with Gasteiger partial charge in [-0.2, -0.15) is 5.10 Å². The minimum atomic E-state index is -3.72. The molecular formula is C23H31N7O3S. The molecule has 2 aliphatic heterocycles. The monoisotopic (exact) mass is 485 g/mol. The van der Waals surface area contributed by atoms with Gasteiger partial charge >= 0.3 is 0 Å². The molecule has 0 saturated heterocycles. The number of benzene rings is 1. The highest BCUT2D eigenvalue weighted by Crippen LogP contribution is 2.38. The van der Waals surface area contributed by atoms with Crippen LogP contribution in [0.15, 0.2) is 40.5 Å². The molecule has 1 saturated carbocycles. The van der Waals surface area contributed by atoms with Crippen LogP contribution >= 0.6 is 0 Å². The lowest BCUT2D eigenvalue weighted by Gasteiger charge is -2.38. The number of nitrogens with one attached hydrogen (secondary N) is 1. The Balaban J connectivity index is 1.46. The number of guanidine groups is 1. The maximum absolute atomic E-state index is 13.6. The minimum absolute atomic E-state index is 0.0677. The molecule has 2 aromatic rings. The Labute approximate surface area is 200 Å². The molecule has 1 aromatic carbocycles. The van der Waals surface area contributed by atoms with Gasteiger partial charge in [-0.25, -0.2) is 13.1 Å². The number of anilines is 1. The molecule has 0 spiro atoms. The number of aliphatic imine (C=N–C) groups is 1. The van der Waals surface area contributed by atoms with Crippen molar-refractivity contribution in [2.75, 3.05) is 32.1 Å². The van der Waals surface area contributed by atoms with Gasteiger partial charge < -0.3 is 9.80 Å². The largest absolute Gasteiger partial charge is 0.308 e. The summed E-state index contributed by atoms with van der Waals surface area (Å²) in [7, 11) is 0.301. The SMILES string of the molecule is C[C@@H]1CN=C2N(Cc3cnn(CCN(C)C)c3)C(=O)c3cc(S(=O)(=O)NC4(C)CC4)ccc3N21. The maximum Gasteiger partial charge on any atom is 0.263 e. The van der Waals surface area contributed by atoms with Crippen LogP contribution in [0.4, 0.5) is 5.69 Å². The highest BCUT2D eigenvalue weighted by atomic mass is 32.2. The quantitative estimate of drug-likeness (QED) is 0.608. The molecule has 3 aliphatic rings. The molecule has 0 unspecified atom stereocenters. The highest BCUT2D eigenvalue weighted by molar-refractivity contribution is 7.89. The molecule has 1 aromatic heterocycles. The number of amides is 1. The van der Waals surface area contributed by atoms with Gasteiger partial charge in [-0.1, -0.05) is 0 Å². The molecule has 1 N–H and O–H groups in total. The fourth-order valence-corrected chi connectivity index (χ4v) is 5.83. The first-order valence-corrected chi connectivity index (χ1v) is 13.0. The lowest BCUT2D eigenvalue weighted by molar-refractivity contribution is 0.0833. The number of sulfonamides is 1. The van der Waals surface area contributed by atoms with Gasteiger partial charge in [0, 0.05) is 23.8 Å². The summed E-state index contributed by atoms with van der Waals surface area (Å²) in [5.41, 5.74) is 1.57. The third-order valence-electron chi connectivity index (χ3n) is 6.59. The Bertz CT molecular complexity index is 1260. The van der Waals surface area contributed by atoms with E-state index in [1.165, 1.54) is 6.07 Å². The lowest BCUT2D eigenvalue weighted by atomic mass is 10.1. The summed E-state index contributed by atoms with van der Waals surface area (Å²) in [5.74, 6) is 0.347. The average Bonchev–Trinajstić information content (AvgIpc) is 3.16. The van der Waals surface area contributed by atoms with Gasteiger partial charge in [0.25, 0.3) is 5.91 Å². The molecule has 0 bridgehead atoms. The molecule has 34 heavy (non-hydrogen) atoms. The first kappa shape index (κ1) is 23.0. The van der Waals surface area contributed by atoms with E-state index in [1.54, 1.807) is 23.2 Å². The van der Waals surface area contributed by atoms with Crippen LogP contribution in [0.1, 0.15) is 42.6 Å². The van der Waals surface area contributed by atoms with Gasteiger partial charge in [-0.05, 0) is 59.0 Å². The van der Waals surface area contributed by atoms with Crippen molar-refractivity contribution >= 4 is 27.6 Å². The molecular weight excluding hydrogens is 454 g/mol. The van der Waals surface area contributed by atoms with Crippen molar-refractivity contribution in [1.29, 1.82) is 0 Å². The molecule has 1 amide bonds. The topological polar surface area (TPSA) is 103 Å². The van der Waals surface area contributed by atoms with Gasteiger partial charge in [0.05, 0.1) is 48.0 Å². The standard InChI is InChI=1S/C23H31N7O3S/c1-16-12-24-22-29(15-17-13-25-28(14-17)10-9-27(3)4)21(31)19-11-18(5-6-20(19)30(16)22)34(32,33)26-23(2)7-8-23/h5-6,11,13-14,16,26H,7-10,12,15H2,1-4H3/t16-/m1/s1. The van der Waals surface area contributed by atoms with Crippen molar-refractivity contribution in [3.8, 4) is 0 Å². The fraction of sp³-hybridized carbons (Fsp3) is 0.522. The van der Waals surface area contributed by atoms with Crippen molar-refractivity contribution in [2.45, 2.75) is 56.3 Å². The van der Waals surface area contributed by atoms with Crippen LogP contribution in [0.25, 0.3) is 0 Å². The van der Waals surface area contributed by atoms with Crippen LogP contribution in [0.2, 0.25) is 0 Å². The lowest BCUT2D eigenvalue weighted by Crippen LogP contribution is -2.52. The first-order valence-electron chi connectivity index (χ1n) is 11.6. The van der Waals surface area contributed by atoms with Crippen LogP contribution in [-0.2, 0) is 23.1 Å². The Kier molecular flexibility index (Phi) is 5.53. The summed E-state index contributed by atoms with van der Waals surface area (Å²) in [6.45, 7) is 6.44. The molecule has 3 heterocycles. The van der Waals surface area contributed by atoms with Crippen molar-refractivity contribution in [3.05, 3.63) is 41.7 Å². The first-order chi connectivity index (χ1) is 16.1. The van der Waals surface area contributed by atoms with Gasteiger partial charge in [0.15, 0.2) is 0 Å². The summed E-state index contributed by atoms with van der Waals surface area (Å²) in [6.07, 6.45) is 5.34. The zero-order valence-corrected chi connectivity index (χ0v) is 20.8. The van der Waals surface area contributed by atoms with E-state index >= 15 is 0 Å². The third kappa shape index (κ3) is 4.23. The number of nitrogens with zero attached hydrogens (tertiary/aromatic N) is 6. The molecule has 10 nitrogen and oxygen atoms in total. The molecule has 182 valence electrons. The Morgan fingerprint density at radius 2 is 2.03 bits per heavy atom.